The number of likely N-dealkylation sites (N-methyl/N-ethyl adjacent to an activating group) is 2. The number of rotatable bonds is 1. The molecule has 2 aromatic rings. The van der Waals surface area contributed by atoms with Gasteiger partial charge in [0.05, 0.1) is 6.04 Å². The van der Waals surface area contributed by atoms with Gasteiger partial charge in [-0.3, -0.25) is 0 Å². The van der Waals surface area contributed by atoms with E-state index in [0.717, 1.165) is 16.7 Å². The van der Waals surface area contributed by atoms with Crippen LogP contribution >= 0.6 is 0 Å². The Morgan fingerprint density at radius 2 is 2.17 bits per heavy atom. The Morgan fingerprint density at radius 3 is 2.83 bits per heavy atom. The number of benzene rings is 1. The number of carbonyl (C=O) groups is 1. The SMILES string of the molecule is Cc1nc2ccc(C3CN(C)C(=O)N3C)cc2o1. The molecule has 0 aliphatic carbocycles. The number of urea groups is 1. The van der Waals surface area contributed by atoms with Crippen LogP contribution in [0.1, 0.15) is 17.5 Å². The molecule has 0 N–H and O–H groups in total. The van der Waals surface area contributed by atoms with Crippen molar-refractivity contribution in [1.82, 2.24) is 14.8 Å². The summed E-state index contributed by atoms with van der Waals surface area (Å²) in [5.41, 5.74) is 2.72. The third-order valence-corrected chi connectivity index (χ3v) is 3.45. The van der Waals surface area contributed by atoms with Gasteiger partial charge in [-0.1, -0.05) is 6.07 Å². The number of oxazole rings is 1. The lowest BCUT2D eigenvalue weighted by atomic mass is 10.1. The number of amides is 2. The molecular weight excluding hydrogens is 230 g/mol. The molecule has 5 nitrogen and oxygen atoms in total. The highest BCUT2D eigenvalue weighted by atomic mass is 16.3. The summed E-state index contributed by atoms with van der Waals surface area (Å²) in [6.45, 7) is 2.53. The van der Waals surface area contributed by atoms with E-state index in [1.807, 2.05) is 39.2 Å². The lowest BCUT2D eigenvalue weighted by molar-refractivity contribution is 0.201. The van der Waals surface area contributed by atoms with E-state index in [-0.39, 0.29) is 12.1 Å². The largest absolute Gasteiger partial charge is 0.441 e. The molecular formula is C13H15N3O2. The van der Waals surface area contributed by atoms with E-state index >= 15 is 0 Å². The zero-order valence-electron chi connectivity index (χ0n) is 10.7. The number of nitrogens with zero attached hydrogens (tertiary/aromatic N) is 3. The van der Waals surface area contributed by atoms with Crippen LogP contribution in [-0.2, 0) is 0 Å². The second kappa shape index (κ2) is 3.73. The van der Waals surface area contributed by atoms with Crippen LogP contribution in [0.3, 0.4) is 0 Å². The predicted molar refractivity (Wildman–Crippen MR) is 67.3 cm³/mol. The van der Waals surface area contributed by atoms with Gasteiger partial charge in [-0.25, -0.2) is 9.78 Å². The van der Waals surface area contributed by atoms with Gasteiger partial charge in [0.15, 0.2) is 11.5 Å². The van der Waals surface area contributed by atoms with Crippen LogP contribution in [0.4, 0.5) is 4.79 Å². The second-order valence-electron chi connectivity index (χ2n) is 4.75. The lowest BCUT2D eigenvalue weighted by Gasteiger charge is -2.17. The summed E-state index contributed by atoms with van der Waals surface area (Å²) in [5, 5.41) is 0. The Morgan fingerprint density at radius 1 is 1.39 bits per heavy atom. The molecule has 0 saturated carbocycles. The van der Waals surface area contributed by atoms with Crippen molar-refractivity contribution in [3.63, 3.8) is 0 Å². The van der Waals surface area contributed by atoms with E-state index < -0.39 is 0 Å². The summed E-state index contributed by atoms with van der Waals surface area (Å²) in [5.74, 6) is 0.662. The minimum absolute atomic E-state index is 0.0499. The second-order valence-corrected chi connectivity index (χ2v) is 4.75. The molecule has 5 heteroatoms. The van der Waals surface area contributed by atoms with E-state index in [0.29, 0.717) is 12.4 Å². The fraction of sp³-hybridized carbons (Fsp3) is 0.385. The molecule has 2 amide bonds. The van der Waals surface area contributed by atoms with Crippen molar-refractivity contribution >= 4 is 17.1 Å². The molecule has 18 heavy (non-hydrogen) atoms. The van der Waals surface area contributed by atoms with Gasteiger partial charge < -0.3 is 14.2 Å². The molecule has 0 bridgehead atoms. The molecule has 94 valence electrons. The Balaban J connectivity index is 2.02. The molecule has 1 unspecified atom stereocenters. The van der Waals surface area contributed by atoms with Crippen LogP contribution in [-0.4, -0.2) is 41.5 Å². The Labute approximate surface area is 105 Å². The number of fused-ring (bicyclic) bond motifs is 1. The summed E-state index contributed by atoms with van der Waals surface area (Å²) in [4.78, 5) is 19.5. The van der Waals surface area contributed by atoms with Crippen molar-refractivity contribution in [3.05, 3.63) is 29.7 Å². The minimum Gasteiger partial charge on any atom is -0.441 e. The van der Waals surface area contributed by atoms with Crippen LogP contribution in [0, 0.1) is 6.92 Å². The Kier molecular flexibility index (Phi) is 2.29. The first-order chi connectivity index (χ1) is 8.56. The van der Waals surface area contributed by atoms with E-state index in [9.17, 15) is 4.79 Å². The average molecular weight is 245 g/mol. The maximum Gasteiger partial charge on any atom is 0.320 e. The number of hydrogen-bond acceptors (Lipinski definition) is 3. The van der Waals surface area contributed by atoms with Gasteiger partial charge in [-0.15, -0.1) is 0 Å². The van der Waals surface area contributed by atoms with Crippen molar-refractivity contribution < 1.29 is 9.21 Å². The first-order valence-electron chi connectivity index (χ1n) is 5.91. The van der Waals surface area contributed by atoms with Crippen LogP contribution in [0.15, 0.2) is 22.6 Å². The van der Waals surface area contributed by atoms with Crippen molar-refractivity contribution in [1.29, 1.82) is 0 Å². The van der Waals surface area contributed by atoms with Gasteiger partial charge in [-0.2, -0.15) is 0 Å². The van der Waals surface area contributed by atoms with Gasteiger partial charge in [0.1, 0.15) is 5.52 Å². The zero-order valence-corrected chi connectivity index (χ0v) is 10.7. The Bertz CT molecular complexity index is 620. The van der Waals surface area contributed by atoms with Crippen molar-refractivity contribution in [2.45, 2.75) is 13.0 Å². The normalized spacial score (nSPS) is 20.2. The van der Waals surface area contributed by atoms with Gasteiger partial charge in [0.2, 0.25) is 0 Å². The first kappa shape index (κ1) is 11.1. The van der Waals surface area contributed by atoms with Crippen LogP contribution < -0.4 is 0 Å². The monoisotopic (exact) mass is 245 g/mol. The quantitative estimate of drug-likeness (QED) is 0.773. The summed E-state index contributed by atoms with van der Waals surface area (Å²) < 4.78 is 5.53. The molecule has 1 aliphatic rings. The van der Waals surface area contributed by atoms with Crippen molar-refractivity contribution in [3.8, 4) is 0 Å². The molecule has 1 aromatic carbocycles. The van der Waals surface area contributed by atoms with E-state index in [1.54, 1.807) is 9.80 Å². The highest BCUT2D eigenvalue weighted by molar-refractivity contribution is 5.78. The summed E-state index contributed by atoms with van der Waals surface area (Å²) in [7, 11) is 3.64. The highest BCUT2D eigenvalue weighted by Crippen LogP contribution is 2.29. The Hall–Kier alpha value is -2.04. The third kappa shape index (κ3) is 1.54. The first-order valence-corrected chi connectivity index (χ1v) is 5.91. The van der Waals surface area contributed by atoms with Gasteiger partial charge in [0.25, 0.3) is 0 Å². The topological polar surface area (TPSA) is 49.6 Å². The maximum absolute atomic E-state index is 11.8. The number of hydrogen-bond donors (Lipinski definition) is 0. The molecule has 1 fully saturated rings. The highest BCUT2D eigenvalue weighted by Gasteiger charge is 2.33. The number of aromatic nitrogens is 1. The fourth-order valence-corrected chi connectivity index (χ4v) is 2.46. The van der Waals surface area contributed by atoms with Crippen LogP contribution in [0.2, 0.25) is 0 Å². The summed E-state index contributed by atoms with van der Waals surface area (Å²) in [6.07, 6.45) is 0. The van der Waals surface area contributed by atoms with Crippen molar-refractivity contribution in [2.75, 3.05) is 20.6 Å². The third-order valence-electron chi connectivity index (χ3n) is 3.45. The van der Waals surface area contributed by atoms with E-state index in [4.69, 9.17) is 4.42 Å². The van der Waals surface area contributed by atoms with Crippen LogP contribution in [0.25, 0.3) is 11.1 Å². The zero-order chi connectivity index (χ0) is 12.9. The van der Waals surface area contributed by atoms with Gasteiger partial charge in [-0.05, 0) is 17.7 Å². The molecule has 2 heterocycles. The van der Waals surface area contributed by atoms with E-state index in [1.165, 1.54) is 0 Å². The fourth-order valence-electron chi connectivity index (χ4n) is 2.46. The standard InChI is InChI=1S/C13H15N3O2/c1-8-14-10-5-4-9(6-12(10)18-8)11-7-15(2)13(17)16(11)3/h4-6,11H,7H2,1-3H3. The molecule has 1 aromatic heterocycles. The number of aryl methyl sites for hydroxylation is 1. The smallest absolute Gasteiger partial charge is 0.320 e. The summed E-state index contributed by atoms with van der Waals surface area (Å²) >= 11 is 0. The molecule has 1 aliphatic heterocycles. The lowest BCUT2D eigenvalue weighted by Crippen LogP contribution is -2.26. The minimum atomic E-state index is 0.0499. The maximum atomic E-state index is 11.8. The summed E-state index contributed by atoms with van der Waals surface area (Å²) in [6, 6.07) is 6.06. The number of carbonyl (C=O) groups excluding carboxylic acids is 1. The van der Waals surface area contributed by atoms with Crippen molar-refractivity contribution in [2.24, 2.45) is 0 Å². The predicted octanol–water partition coefficient (Wildman–Crippen LogP) is 2.17. The molecule has 1 atom stereocenters. The van der Waals surface area contributed by atoms with Gasteiger partial charge >= 0.3 is 6.03 Å². The molecule has 3 rings (SSSR count). The van der Waals surface area contributed by atoms with Crippen LogP contribution in [0.5, 0.6) is 0 Å². The van der Waals surface area contributed by atoms with E-state index in [2.05, 4.69) is 4.98 Å². The molecule has 1 saturated heterocycles. The molecule has 0 radical (unpaired) electrons. The average Bonchev–Trinajstić information content (AvgIpc) is 2.82. The van der Waals surface area contributed by atoms with Gasteiger partial charge in [0, 0.05) is 27.6 Å². The molecule has 0 spiro atoms.